The van der Waals surface area contributed by atoms with Gasteiger partial charge >= 0.3 is 0 Å². The molecule has 5 nitrogen and oxygen atoms in total. The van der Waals surface area contributed by atoms with Gasteiger partial charge in [-0.15, -0.1) is 10.2 Å². The molecule has 0 atom stereocenters. The number of hydrogen-bond donors (Lipinski definition) is 0. The number of nitrogens with zero attached hydrogens (tertiary/aromatic N) is 4. The summed E-state index contributed by atoms with van der Waals surface area (Å²) in [6.45, 7) is 4.97. The minimum Gasteiger partial charge on any atom is -0.421 e. The molecule has 0 amide bonds. The van der Waals surface area contributed by atoms with Crippen molar-refractivity contribution in [2.24, 2.45) is 0 Å². The van der Waals surface area contributed by atoms with Crippen molar-refractivity contribution in [1.29, 1.82) is 0 Å². The zero-order chi connectivity index (χ0) is 17.8. The molecule has 0 radical (unpaired) electrons. The number of benzene rings is 2. The second-order valence-electron chi connectivity index (χ2n) is 6.43. The van der Waals surface area contributed by atoms with Gasteiger partial charge in [0.25, 0.3) is 0 Å². The summed E-state index contributed by atoms with van der Waals surface area (Å²) in [7, 11) is 0. The lowest BCUT2D eigenvalue weighted by molar-refractivity contribution is 0.254. The van der Waals surface area contributed by atoms with Crippen molar-refractivity contribution in [2.45, 2.75) is 6.42 Å². The van der Waals surface area contributed by atoms with E-state index in [9.17, 15) is 0 Å². The third-order valence-electron chi connectivity index (χ3n) is 4.68. The highest BCUT2D eigenvalue weighted by molar-refractivity contribution is 6.30. The molecule has 0 saturated carbocycles. The van der Waals surface area contributed by atoms with Crippen LogP contribution in [0.5, 0.6) is 0 Å². The number of rotatable bonds is 5. The van der Waals surface area contributed by atoms with Crippen molar-refractivity contribution in [3.63, 3.8) is 0 Å². The Morgan fingerprint density at radius 3 is 2.50 bits per heavy atom. The molecule has 134 valence electrons. The van der Waals surface area contributed by atoms with Crippen molar-refractivity contribution < 1.29 is 4.42 Å². The van der Waals surface area contributed by atoms with Gasteiger partial charge in [-0.25, -0.2) is 0 Å². The van der Waals surface area contributed by atoms with E-state index < -0.39 is 0 Å². The summed E-state index contributed by atoms with van der Waals surface area (Å²) in [5, 5.41) is 9.12. The predicted octanol–water partition coefficient (Wildman–Crippen LogP) is 3.75. The first-order valence-electron chi connectivity index (χ1n) is 8.88. The largest absolute Gasteiger partial charge is 0.421 e. The summed E-state index contributed by atoms with van der Waals surface area (Å²) in [6, 6.07) is 17.9. The van der Waals surface area contributed by atoms with Crippen molar-refractivity contribution in [1.82, 2.24) is 15.1 Å². The summed E-state index contributed by atoms with van der Waals surface area (Å²) >= 11 is 6.10. The minimum absolute atomic E-state index is 0.589. The van der Waals surface area contributed by atoms with Gasteiger partial charge in [-0.3, -0.25) is 4.90 Å². The van der Waals surface area contributed by atoms with Crippen LogP contribution in [-0.2, 0) is 6.42 Å². The molecule has 0 N–H and O–H groups in total. The van der Waals surface area contributed by atoms with E-state index in [1.54, 1.807) is 0 Å². The molecule has 1 aliphatic heterocycles. The average Bonchev–Trinajstić information content (AvgIpc) is 3.17. The maximum Gasteiger partial charge on any atom is 0.247 e. The van der Waals surface area contributed by atoms with Crippen molar-refractivity contribution in [3.05, 3.63) is 65.5 Å². The Morgan fingerprint density at radius 2 is 1.73 bits per heavy atom. The molecule has 4 rings (SSSR count). The minimum atomic E-state index is 0.589. The molecular weight excluding hydrogens is 348 g/mol. The molecule has 2 aromatic carbocycles. The number of anilines is 1. The third-order valence-corrected chi connectivity index (χ3v) is 4.91. The summed E-state index contributed by atoms with van der Waals surface area (Å²) in [5.41, 5.74) is 2.16. The Morgan fingerprint density at radius 1 is 0.923 bits per heavy atom. The Kier molecular flexibility index (Phi) is 5.18. The fraction of sp³-hybridized carbons (Fsp3) is 0.300. The van der Waals surface area contributed by atoms with Gasteiger partial charge in [-0.05, 0) is 30.3 Å². The normalized spacial score (nSPS) is 15.3. The topological polar surface area (TPSA) is 45.4 Å². The highest BCUT2D eigenvalue weighted by Crippen LogP contribution is 2.21. The van der Waals surface area contributed by atoms with Crippen LogP contribution in [0.2, 0.25) is 5.02 Å². The fourth-order valence-electron chi connectivity index (χ4n) is 3.21. The van der Waals surface area contributed by atoms with Gasteiger partial charge in [0.05, 0.1) is 0 Å². The lowest BCUT2D eigenvalue weighted by atomic mass is 10.2. The second-order valence-corrected chi connectivity index (χ2v) is 6.86. The molecule has 0 bridgehead atoms. The van der Waals surface area contributed by atoms with E-state index in [0.717, 1.165) is 49.7 Å². The Bertz CT molecular complexity index is 844. The number of halogens is 1. The maximum atomic E-state index is 6.10. The van der Waals surface area contributed by atoms with Crippen LogP contribution in [0.25, 0.3) is 11.5 Å². The smallest absolute Gasteiger partial charge is 0.247 e. The summed E-state index contributed by atoms with van der Waals surface area (Å²) in [4.78, 5) is 4.82. The van der Waals surface area contributed by atoms with Crippen LogP contribution in [0.1, 0.15) is 5.89 Å². The Hall–Kier alpha value is -2.37. The Labute approximate surface area is 158 Å². The number of piperazine rings is 1. The molecule has 0 spiro atoms. The molecular formula is C20H21ClN4O. The quantitative estimate of drug-likeness (QED) is 0.686. The van der Waals surface area contributed by atoms with Crippen LogP contribution in [0.15, 0.2) is 59.0 Å². The summed E-state index contributed by atoms with van der Waals surface area (Å²) in [6.07, 6.45) is 0.775. The lowest BCUT2D eigenvalue weighted by Gasteiger charge is -2.36. The first-order valence-corrected chi connectivity index (χ1v) is 9.26. The summed E-state index contributed by atoms with van der Waals surface area (Å²) in [5.74, 6) is 1.28. The van der Waals surface area contributed by atoms with Crippen LogP contribution in [0.4, 0.5) is 5.69 Å². The van der Waals surface area contributed by atoms with Crippen molar-refractivity contribution in [3.8, 4) is 11.5 Å². The number of hydrogen-bond acceptors (Lipinski definition) is 5. The fourth-order valence-corrected chi connectivity index (χ4v) is 3.39. The van der Waals surface area contributed by atoms with E-state index in [1.807, 2.05) is 48.5 Å². The predicted molar refractivity (Wildman–Crippen MR) is 104 cm³/mol. The van der Waals surface area contributed by atoms with Crippen LogP contribution in [0, 0.1) is 0 Å². The van der Waals surface area contributed by atoms with E-state index in [2.05, 4.69) is 26.1 Å². The van der Waals surface area contributed by atoms with Gasteiger partial charge in [0.2, 0.25) is 11.8 Å². The summed E-state index contributed by atoms with van der Waals surface area (Å²) < 4.78 is 5.79. The van der Waals surface area contributed by atoms with Crippen LogP contribution < -0.4 is 4.90 Å². The molecule has 0 aliphatic carbocycles. The molecule has 1 saturated heterocycles. The maximum absolute atomic E-state index is 6.10. The SMILES string of the molecule is Clc1cccc(N2CCN(CCc3nnc(-c4ccccc4)o3)CC2)c1. The molecule has 2 heterocycles. The van der Waals surface area contributed by atoms with E-state index in [4.69, 9.17) is 16.0 Å². The van der Waals surface area contributed by atoms with E-state index >= 15 is 0 Å². The average molecular weight is 369 g/mol. The van der Waals surface area contributed by atoms with Gasteiger partial charge in [0.1, 0.15) is 0 Å². The van der Waals surface area contributed by atoms with Crippen LogP contribution in [-0.4, -0.2) is 47.8 Å². The second kappa shape index (κ2) is 7.89. The zero-order valence-electron chi connectivity index (χ0n) is 14.5. The van der Waals surface area contributed by atoms with Crippen molar-refractivity contribution in [2.75, 3.05) is 37.6 Å². The molecule has 3 aromatic rings. The molecule has 1 aromatic heterocycles. The van der Waals surface area contributed by atoms with E-state index in [0.29, 0.717) is 11.8 Å². The molecule has 1 fully saturated rings. The standard InChI is InChI=1S/C20H21ClN4O/c21-17-7-4-8-18(15-17)25-13-11-24(12-14-25)10-9-19-22-23-20(26-19)16-5-2-1-3-6-16/h1-8,15H,9-14H2. The van der Waals surface area contributed by atoms with Crippen LogP contribution in [0.3, 0.4) is 0 Å². The van der Waals surface area contributed by atoms with Crippen LogP contribution >= 0.6 is 11.6 Å². The van der Waals surface area contributed by atoms with Gasteiger partial charge < -0.3 is 9.32 Å². The molecule has 6 heteroatoms. The first kappa shape index (κ1) is 17.1. The Balaban J connectivity index is 1.28. The number of aromatic nitrogens is 2. The van der Waals surface area contributed by atoms with Gasteiger partial charge in [-0.1, -0.05) is 35.9 Å². The van der Waals surface area contributed by atoms with E-state index in [1.165, 1.54) is 5.69 Å². The molecule has 1 aliphatic rings. The van der Waals surface area contributed by atoms with Gasteiger partial charge in [-0.2, -0.15) is 0 Å². The van der Waals surface area contributed by atoms with Gasteiger partial charge in [0.15, 0.2) is 0 Å². The highest BCUT2D eigenvalue weighted by Gasteiger charge is 2.18. The van der Waals surface area contributed by atoms with Gasteiger partial charge in [0, 0.05) is 55.4 Å². The highest BCUT2D eigenvalue weighted by atomic mass is 35.5. The zero-order valence-corrected chi connectivity index (χ0v) is 15.3. The first-order chi connectivity index (χ1) is 12.8. The van der Waals surface area contributed by atoms with E-state index in [-0.39, 0.29) is 0 Å². The molecule has 26 heavy (non-hydrogen) atoms. The van der Waals surface area contributed by atoms with Crippen molar-refractivity contribution >= 4 is 17.3 Å². The third kappa shape index (κ3) is 4.06. The monoisotopic (exact) mass is 368 g/mol. The molecule has 0 unspecified atom stereocenters. The lowest BCUT2D eigenvalue weighted by Crippen LogP contribution is -2.47.